The van der Waals surface area contributed by atoms with Gasteiger partial charge in [0.15, 0.2) is 5.96 Å². The number of hydrogen-bond acceptors (Lipinski definition) is 5. The van der Waals surface area contributed by atoms with Crippen molar-refractivity contribution in [3.8, 4) is 0 Å². The van der Waals surface area contributed by atoms with Crippen LogP contribution in [0.1, 0.15) is 33.1 Å². The van der Waals surface area contributed by atoms with Crippen LogP contribution >= 0.6 is 24.0 Å². The molecule has 0 amide bonds. The van der Waals surface area contributed by atoms with Gasteiger partial charge in [-0.25, -0.2) is 13.1 Å². The summed E-state index contributed by atoms with van der Waals surface area (Å²) in [6, 6.07) is 0. The zero-order chi connectivity index (χ0) is 19.2. The van der Waals surface area contributed by atoms with Gasteiger partial charge in [0.05, 0.1) is 25.3 Å². The van der Waals surface area contributed by atoms with E-state index in [2.05, 4.69) is 15.0 Å². The molecule has 0 aromatic carbocycles. The van der Waals surface area contributed by atoms with Crippen LogP contribution in [-0.2, 0) is 19.6 Å². The van der Waals surface area contributed by atoms with Gasteiger partial charge in [-0.2, -0.15) is 0 Å². The highest BCUT2D eigenvalue weighted by atomic mass is 127. The largest absolute Gasteiger partial charge is 0.469 e. The molecule has 2 fully saturated rings. The Hall–Kier alpha value is -0.620. The molecule has 1 heterocycles. The molecule has 0 aromatic rings. The lowest BCUT2D eigenvalue weighted by Crippen LogP contribution is -2.41. The Kier molecular flexibility index (Phi) is 10.3. The minimum atomic E-state index is -3.30. The summed E-state index contributed by atoms with van der Waals surface area (Å²) < 4.78 is 31.7. The Morgan fingerprint density at radius 3 is 2.56 bits per heavy atom. The summed E-state index contributed by atoms with van der Waals surface area (Å²) in [6.07, 6.45) is 3.42. The molecule has 10 heteroatoms. The lowest BCUT2D eigenvalue weighted by atomic mass is 9.86. The number of halogens is 1. The molecule has 2 atom stereocenters. The van der Waals surface area contributed by atoms with E-state index in [0.717, 1.165) is 12.8 Å². The number of aliphatic imine (C=N–C) groups is 1. The smallest absolute Gasteiger partial charge is 0.310 e. The van der Waals surface area contributed by atoms with E-state index >= 15 is 0 Å². The van der Waals surface area contributed by atoms with Crippen LogP contribution in [0, 0.1) is 17.8 Å². The number of nitrogens with zero attached hydrogens (tertiary/aromatic N) is 2. The highest BCUT2D eigenvalue weighted by Gasteiger charge is 2.36. The van der Waals surface area contributed by atoms with E-state index in [0.29, 0.717) is 38.1 Å². The molecule has 8 nitrogen and oxygen atoms in total. The van der Waals surface area contributed by atoms with Crippen LogP contribution in [-0.4, -0.2) is 70.8 Å². The fourth-order valence-corrected chi connectivity index (χ4v) is 4.28. The van der Waals surface area contributed by atoms with Gasteiger partial charge in [-0.1, -0.05) is 13.3 Å². The Labute approximate surface area is 180 Å². The highest BCUT2D eigenvalue weighted by molar-refractivity contribution is 14.0. The molecule has 2 rings (SSSR count). The number of methoxy groups -OCH3 is 1. The van der Waals surface area contributed by atoms with Gasteiger partial charge in [0.2, 0.25) is 10.0 Å². The normalized spacial score (nSPS) is 23.5. The van der Waals surface area contributed by atoms with Gasteiger partial charge in [-0.05, 0) is 31.6 Å². The molecular weight excluding hydrogens is 483 g/mol. The van der Waals surface area contributed by atoms with Crippen LogP contribution < -0.4 is 10.0 Å². The third kappa shape index (κ3) is 7.37. The maximum absolute atomic E-state index is 12.1. The monoisotopic (exact) mass is 516 g/mol. The number of carbonyl (C=O) groups excluding carboxylic acids is 1. The molecular formula is C17H33IN4O4S. The van der Waals surface area contributed by atoms with Crippen molar-refractivity contribution in [3.63, 3.8) is 0 Å². The van der Waals surface area contributed by atoms with E-state index in [-0.39, 0.29) is 54.1 Å². The Morgan fingerprint density at radius 2 is 2.00 bits per heavy atom. The molecule has 0 bridgehead atoms. The second-order valence-corrected chi connectivity index (χ2v) is 9.14. The van der Waals surface area contributed by atoms with Crippen LogP contribution in [0.3, 0.4) is 0 Å². The summed E-state index contributed by atoms with van der Waals surface area (Å²) in [5.74, 6) is 0.889. The van der Waals surface area contributed by atoms with Gasteiger partial charge < -0.3 is 15.0 Å². The second kappa shape index (κ2) is 11.4. The summed E-state index contributed by atoms with van der Waals surface area (Å²) >= 11 is 0. The summed E-state index contributed by atoms with van der Waals surface area (Å²) in [4.78, 5) is 18.3. The number of hydrogen-bond donors (Lipinski definition) is 2. The molecule has 0 aromatic heterocycles. The van der Waals surface area contributed by atoms with Crippen molar-refractivity contribution >= 4 is 45.9 Å². The first-order valence-corrected chi connectivity index (χ1v) is 11.1. The topological polar surface area (TPSA) is 100 Å². The zero-order valence-electron chi connectivity index (χ0n) is 16.4. The van der Waals surface area contributed by atoms with E-state index in [4.69, 9.17) is 4.74 Å². The first-order chi connectivity index (χ1) is 12.4. The second-order valence-electron chi connectivity index (χ2n) is 7.21. The molecule has 0 spiro atoms. The number of ether oxygens (including phenoxy) is 1. The highest BCUT2D eigenvalue weighted by Crippen LogP contribution is 2.25. The number of rotatable bonds is 8. The number of esters is 1. The molecule has 1 saturated heterocycles. The van der Waals surface area contributed by atoms with Crippen LogP contribution in [0.4, 0.5) is 0 Å². The van der Waals surface area contributed by atoms with Crippen molar-refractivity contribution < 1.29 is 17.9 Å². The van der Waals surface area contributed by atoms with Crippen molar-refractivity contribution in [1.82, 2.24) is 14.9 Å². The summed E-state index contributed by atoms with van der Waals surface area (Å²) in [7, 11) is -1.90. The molecule has 0 radical (unpaired) electrons. The number of likely N-dealkylation sites (tertiary alicyclic amines) is 1. The van der Waals surface area contributed by atoms with Gasteiger partial charge in [-0.15, -0.1) is 24.0 Å². The lowest BCUT2D eigenvalue weighted by molar-refractivity contribution is -0.145. The molecule has 2 aliphatic rings. The van der Waals surface area contributed by atoms with Crippen molar-refractivity contribution in [2.75, 3.05) is 45.6 Å². The Morgan fingerprint density at radius 1 is 1.30 bits per heavy atom. The molecule has 1 aliphatic carbocycles. The quantitative estimate of drug-likeness (QED) is 0.217. The third-order valence-electron chi connectivity index (χ3n) is 5.19. The van der Waals surface area contributed by atoms with Gasteiger partial charge in [0.1, 0.15) is 0 Å². The van der Waals surface area contributed by atoms with E-state index < -0.39 is 10.0 Å². The van der Waals surface area contributed by atoms with E-state index in [1.165, 1.54) is 13.5 Å². The number of guanidine groups is 1. The minimum Gasteiger partial charge on any atom is -0.469 e. The standard InChI is InChI=1S/C17H32N4O4S.HI/c1-4-18-17(21-11-13(2)15(12-21)16(22)25-3)19-8-9-26(23,24)20-10-14-6-5-7-14;/h13-15,20H,4-12H2,1-3H3,(H,18,19);1H. The third-order valence-corrected chi connectivity index (χ3v) is 6.52. The predicted molar refractivity (Wildman–Crippen MR) is 117 cm³/mol. The van der Waals surface area contributed by atoms with Crippen LogP contribution in [0.25, 0.3) is 0 Å². The molecule has 1 aliphatic heterocycles. The molecule has 2 N–H and O–H groups in total. The van der Waals surface area contributed by atoms with Crippen LogP contribution in [0.15, 0.2) is 4.99 Å². The fraction of sp³-hybridized carbons (Fsp3) is 0.882. The molecule has 158 valence electrons. The summed E-state index contributed by atoms with van der Waals surface area (Å²) in [5.41, 5.74) is 0. The SMILES string of the molecule is CCNC(=NCCS(=O)(=O)NCC1CCC1)N1CC(C)C(C(=O)OC)C1.I. The first kappa shape index (κ1) is 24.4. The minimum absolute atomic E-state index is 0. The number of carbonyl (C=O) groups is 1. The molecule has 2 unspecified atom stereocenters. The van der Waals surface area contributed by atoms with Crippen LogP contribution in [0.5, 0.6) is 0 Å². The average Bonchev–Trinajstić information content (AvgIpc) is 2.93. The lowest BCUT2D eigenvalue weighted by Gasteiger charge is -2.25. The molecule has 1 saturated carbocycles. The summed E-state index contributed by atoms with van der Waals surface area (Å²) in [6.45, 7) is 6.61. The van der Waals surface area contributed by atoms with Gasteiger partial charge >= 0.3 is 5.97 Å². The van der Waals surface area contributed by atoms with Crippen molar-refractivity contribution in [3.05, 3.63) is 0 Å². The Balaban J connectivity index is 0.00000364. The van der Waals surface area contributed by atoms with Crippen molar-refractivity contribution in [2.24, 2.45) is 22.7 Å². The maximum atomic E-state index is 12.1. The number of sulfonamides is 1. The van der Waals surface area contributed by atoms with Crippen molar-refractivity contribution in [2.45, 2.75) is 33.1 Å². The predicted octanol–water partition coefficient (Wildman–Crippen LogP) is 1.03. The van der Waals surface area contributed by atoms with Crippen LogP contribution in [0.2, 0.25) is 0 Å². The average molecular weight is 516 g/mol. The Bertz CT molecular complexity index is 610. The van der Waals surface area contributed by atoms with Gasteiger partial charge in [0, 0.05) is 26.2 Å². The van der Waals surface area contributed by atoms with Crippen molar-refractivity contribution in [1.29, 1.82) is 0 Å². The zero-order valence-corrected chi connectivity index (χ0v) is 19.6. The van der Waals surface area contributed by atoms with E-state index in [9.17, 15) is 13.2 Å². The maximum Gasteiger partial charge on any atom is 0.310 e. The van der Waals surface area contributed by atoms with Gasteiger partial charge in [-0.3, -0.25) is 9.79 Å². The summed E-state index contributed by atoms with van der Waals surface area (Å²) in [5, 5.41) is 3.19. The first-order valence-electron chi connectivity index (χ1n) is 9.44. The van der Waals surface area contributed by atoms with Gasteiger partial charge in [0.25, 0.3) is 0 Å². The van der Waals surface area contributed by atoms with E-state index in [1.807, 2.05) is 18.7 Å². The molecule has 27 heavy (non-hydrogen) atoms. The van der Waals surface area contributed by atoms with E-state index in [1.54, 1.807) is 0 Å². The fourth-order valence-electron chi connectivity index (χ4n) is 3.31. The number of nitrogens with one attached hydrogen (secondary N) is 2.